The van der Waals surface area contributed by atoms with E-state index in [0.717, 1.165) is 13.0 Å². The highest BCUT2D eigenvalue weighted by Crippen LogP contribution is 2.23. The van der Waals surface area contributed by atoms with E-state index in [0.29, 0.717) is 25.1 Å². The number of carboxylic acids is 1. The second-order valence-corrected chi connectivity index (χ2v) is 6.00. The van der Waals surface area contributed by atoms with Crippen molar-refractivity contribution in [2.45, 2.75) is 37.8 Å². The monoisotopic (exact) mass is 347 g/mol. The molecule has 8 nitrogen and oxygen atoms in total. The van der Waals surface area contributed by atoms with Gasteiger partial charge in [0.1, 0.15) is 6.04 Å². The summed E-state index contributed by atoms with van der Waals surface area (Å²) in [5, 5.41) is 12.8. The van der Waals surface area contributed by atoms with Gasteiger partial charge >= 0.3 is 5.97 Å². The van der Waals surface area contributed by atoms with Gasteiger partial charge in [-0.05, 0) is 44.4 Å². The number of guanidine groups is 1. The lowest BCUT2D eigenvalue weighted by atomic mass is 10.1. The molecule has 1 aliphatic rings. The number of amides is 1. The van der Waals surface area contributed by atoms with Crippen molar-refractivity contribution in [3.63, 3.8) is 0 Å². The SMILES string of the molecule is NC(N)=NCCC[C@@H](C(=O)O)N(C(=O)[C@@H]1CCCN1)c1ccccc1. The summed E-state index contributed by atoms with van der Waals surface area (Å²) in [5.41, 5.74) is 11.2. The average Bonchev–Trinajstić information content (AvgIpc) is 3.12. The Morgan fingerprint density at radius 3 is 2.60 bits per heavy atom. The van der Waals surface area contributed by atoms with Crippen molar-refractivity contribution in [1.82, 2.24) is 5.32 Å². The van der Waals surface area contributed by atoms with Crippen molar-refractivity contribution in [3.8, 4) is 0 Å². The number of aliphatic imine (C=N–C) groups is 1. The maximum atomic E-state index is 13.0. The van der Waals surface area contributed by atoms with Gasteiger partial charge in [-0.3, -0.25) is 14.7 Å². The van der Waals surface area contributed by atoms with Crippen LogP contribution >= 0.6 is 0 Å². The van der Waals surface area contributed by atoms with E-state index in [4.69, 9.17) is 11.5 Å². The molecule has 0 unspecified atom stereocenters. The molecule has 0 saturated carbocycles. The smallest absolute Gasteiger partial charge is 0.326 e. The van der Waals surface area contributed by atoms with Crippen LogP contribution in [-0.4, -0.2) is 48.1 Å². The topological polar surface area (TPSA) is 134 Å². The van der Waals surface area contributed by atoms with Crippen LogP contribution in [0.2, 0.25) is 0 Å². The molecule has 8 heteroatoms. The third kappa shape index (κ3) is 5.18. The van der Waals surface area contributed by atoms with Crippen molar-refractivity contribution in [3.05, 3.63) is 30.3 Å². The van der Waals surface area contributed by atoms with Crippen LogP contribution in [0.4, 0.5) is 5.69 Å². The zero-order valence-electron chi connectivity index (χ0n) is 14.1. The Hall–Kier alpha value is -2.61. The van der Waals surface area contributed by atoms with Crippen LogP contribution in [0.5, 0.6) is 0 Å². The fourth-order valence-corrected chi connectivity index (χ4v) is 2.97. The number of para-hydroxylation sites is 1. The molecule has 1 fully saturated rings. The van der Waals surface area contributed by atoms with E-state index in [9.17, 15) is 14.7 Å². The number of aliphatic carboxylic acids is 1. The number of hydrogen-bond acceptors (Lipinski definition) is 4. The predicted octanol–water partition coefficient (Wildman–Crippen LogP) is 0.278. The largest absolute Gasteiger partial charge is 0.480 e. The fraction of sp³-hybridized carbons (Fsp3) is 0.471. The first-order valence-electron chi connectivity index (χ1n) is 8.40. The molecular formula is C17H25N5O3. The lowest BCUT2D eigenvalue weighted by molar-refractivity contribution is -0.140. The number of carbonyl (C=O) groups is 2. The Morgan fingerprint density at radius 2 is 2.04 bits per heavy atom. The third-order valence-electron chi connectivity index (χ3n) is 4.16. The summed E-state index contributed by atoms with van der Waals surface area (Å²) >= 11 is 0. The Balaban J connectivity index is 2.22. The number of carboxylic acid groups (broad SMARTS) is 1. The van der Waals surface area contributed by atoms with Crippen molar-refractivity contribution >= 4 is 23.5 Å². The van der Waals surface area contributed by atoms with Gasteiger partial charge in [0, 0.05) is 12.2 Å². The quantitative estimate of drug-likeness (QED) is 0.303. The minimum absolute atomic E-state index is 0.0296. The summed E-state index contributed by atoms with van der Waals surface area (Å²) in [5.74, 6) is -1.28. The molecule has 1 aromatic carbocycles. The molecule has 1 amide bonds. The Kier molecular flexibility index (Phi) is 6.76. The first-order chi connectivity index (χ1) is 12.0. The Morgan fingerprint density at radius 1 is 1.32 bits per heavy atom. The number of anilines is 1. The predicted molar refractivity (Wildman–Crippen MR) is 96.3 cm³/mol. The van der Waals surface area contributed by atoms with E-state index in [2.05, 4.69) is 10.3 Å². The molecule has 0 aromatic heterocycles. The molecular weight excluding hydrogens is 322 g/mol. The van der Waals surface area contributed by atoms with E-state index in [1.165, 1.54) is 4.90 Å². The second-order valence-electron chi connectivity index (χ2n) is 6.00. The number of nitrogens with two attached hydrogens (primary N) is 2. The Bertz CT molecular complexity index is 610. The molecule has 1 aliphatic heterocycles. The highest BCUT2D eigenvalue weighted by atomic mass is 16.4. The number of carbonyl (C=O) groups excluding carboxylic acids is 1. The van der Waals surface area contributed by atoms with E-state index in [1.54, 1.807) is 24.3 Å². The van der Waals surface area contributed by atoms with Gasteiger partial charge in [0.15, 0.2) is 5.96 Å². The van der Waals surface area contributed by atoms with Gasteiger partial charge in [-0.1, -0.05) is 18.2 Å². The molecule has 2 rings (SSSR count). The van der Waals surface area contributed by atoms with Gasteiger partial charge in [-0.15, -0.1) is 0 Å². The molecule has 1 saturated heterocycles. The van der Waals surface area contributed by atoms with E-state index < -0.39 is 12.0 Å². The fourth-order valence-electron chi connectivity index (χ4n) is 2.97. The summed E-state index contributed by atoms with van der Waals surface area (Å²) in [6.07, 6.45) is 2.34. The molecule has 1 heterocycles. The van der Waals surface area contributed by atoms with E-state index in [1.807, 2.05) is 6.07 Å². The summed E-state index contributed by atoms with van der Waals surface area (Å²) in [4.78, 5) is 30.1. The molecule has 0 radical (unpaired) electrons. The van der Waals surface area contributed by atoms with Crippen LogP contribution in [-0.2, 0) is 9.59 Å². The van der Waals surface area contributed by atoms with Gasteiger partial charge in [0.25, 0.3) is 0 Å². The summed E-state index contributed by atoms with van der Waals surface area (Å²) in [7, 11) is 0. The standard InChI is InChI=1S/C17H25N5O3/c18-17(19)21-11-5-9-14(16(24)25)22(12-6-2-1-3-7-12)15(23)13-8-4-10-20-13/h1-3,6-7,13-14,20H,4-5,8-11H2,(H,24,25)(H4,18,19,21)/t13-,14-/m0/s1. The zero-order valence-corrected chi connectivity index (χ0v) is 14.1. The molecule has 136 valence electrons. The molecule has 0 aliphatic carbocycles. The number of benzene rings is 1. The molecule has 2 atom stereocenters. The summed E-state index contributed by atoms with van der Waals surface area (Å²) in [6, 6.07) is 7.59. The van der Waals surface area contributed by atoms with E-state index in [-0.39, 0.29) is 24.3 Å². The van der Waals surface area contributed by atoms with Crippen LogP contribution < -0.4 is 21.7 Å². The molecule has 0 spiro atoms. The molecule has 25 heavy (non-hydrogen) atoms. The van der Waals surface area contributed by atoms with Crippen LogP contribution in [0.1, 0.15) is 25.7 Å². The first kappa shape index (κ1) is 18.7. The summed E-state index contributed by atoms with van der Waals surface area (Å²) < 4.78 is 0. The maximum Gasteiger partial charge on any atom is 0.326 e. The van der Waals surface area contributed by atoms with Crippen molar-refractivity contribution in [2.75, 3.05) is 18.0 Å². The van der Waals surface area contributed by atoms with Gasteiger partial charge in [0.2, 0.25) is 5.91 Å². The van der Waals surface area contributed by atoms with Gasteiger partial charge < -0.3 is 21.9 Å². The average molecular weight is 347 g/mol. The van der Waals surface area contributed by atoms with Crippen LogP contribution in [0.3, 0.4) is 0 Å². The van der Waals surface area contributed by atoms with Crippen LogP contribution in [0.25, 0.3) is 0 Å². The highest BCUT2D eigenvalue weighted by Gasteiger charge is 2.35. The van der Waals surface area contributed by atoms with E-state index >= 15 is 0 Å². The minimum atomic E-state index is -1.04. The number of nitrogens with zero attached hydrogens (tertiary/aromatic N) is 2. The Labute approximate surface area is 146 Å². The lowest BCUT2D eigenvalue weighted by Crippen LogP contribution is -2.51. The van der Waals surface area contributed by atoms with Crippen molar-refractivity contribution in [2.24, 2.45) is 16.5 Å². The zero-order chi connectivity index (χ0) is 18.2. The normalized spacial score (nSPS) is 17.7. The first-order valence-corrected chi connectivity index (χ1v) is 8.40. The van der Waals surface area contributed by atoms with Crippen LogP contribution in [0.15, 0.2) is 35.3 Å². The second kappa shape index (κ2) is 9.03. The number of nitrogens with one attached hydrogen (secondary N) is 1. The minimum Gasteiger partial charge on any atom is -0.480 e. The van der Waals surface area contributed by atoms with Gasteiger partial charge in [0.05, 0.1) is 6.04 Å². The van der Waals surface area contributed by atoms with Gasteiger partial charge in [-0.2, -0.15) is 0 Å². The summed E-state index contributed by atoms with van der Waals surface area (Å²) in [6.45, 7) is 1.09. The highest BCUT2D eigenvalue weighted by molar-refractivity contribution is 6.02. The van der Waals surface area contributed by atoms with Crippen molar-refractivity contribution in [1.29, 1.82) is 0 Å². The number of rotatable bonds is 8. The van der Waals surface area contributed by atoms with Crippen molar-refractivity contribution < 1.29 is 14.7 Å². The van der Waals surface area contributed by atoms with Gasteiger partial charge in [-0.25, -0.2) is 4.79 Å². The number of hydrogen-bond donors (Lipinski definition) is 4. The lowest BCUT2D eigenvalue weighted by Gasteiger charge is -2.31. The molecule has 0 bridgehead atoms. The maximum absolute atomic E-state index is 13.0. The third-order valence-corrected chi connectivity index (χ3v) is 4.16. The molecule has 6 N–H and O–H groups in total. The molecule has 1 aromatic rings. The van der Waals surface area contributed by atoms with Crippen LogP contribution in [0, 0.1) is 0 Å².